The predicted molar refractivity (Wildman–Crippen MR) is 71.0 cm³/mol. The minimum Gasteiger partial charge on any atom is -0.342 e. The third kappa shape index (κ3) is 5.48. The number of hydrogen-bond acceptors (Lipinski definition) is 4. The van der Waals surface area contributed by atoms with E-state index in [2.05, 4.69) is 29.4 Å². The molecular weight excluding hydrogens is 228 g/mol. The van der Waals surface area contributed by atoms with Crippen LogP contribution < -0.4 is 10.6 Å². The number of carbonyl (C=O) groups is 1. The Morgan fingerprint density at radius 2 is 2.28 bits per heavy atom. The predicted octanol–water partition coefficient (Wildman–Crippen LogP) is 0.479. The minimum absolute atomic E-state index is 0.0482. The molecule has 1 amide bonds. The van der Waals surface area contributed by atoms with Gasteiger partial charge in [0, 0.05) is 18.6 Å². The van der Waals surface area contributed by atoms with E-state index in [1.807, 2.05) is 6.07 Å². The average molecular weight is 252 g/mol. The van der Waals surface area contributed by atoms with Gasteiger partial charge >= 0.3 is 0 Å². The lowest BCUT2D eigenvalue weighted by atomic mass is 10.0. The second-order valence-electron chi connectivity index (χ2n) is 5.12. The quantitative estimate of drug-likeness (QED) is 0.675. The van der Waals surface area contributed by atoms with E-state index in [0.29, 0.717) is 18.6 Å². The Balaban J connectivity index is 2.39. The van der Waals surface area contributed by atoms with E-state index < -0.39 is 0 Å². The molecule has 0 aromatic rings. The molecule has 5 nitrogen and oxygen atoms in total. The third-order valence-corrected chi connectivity index (χ3v) is 3.22. The zero-order valence-electron chi connectivity index (χ0n) is 11.4. The summed E-state index contributed by atoms with van der Waals surface area (Å²) in [4.78, 5) is 13.9. The van der Waals surface area contributed by atoms with Gasteiger partial charge in [-0.1, -0.05) is 20.3 Å². The number of piperidine rings is 1. The fourth-order valence-electron chi connectivity index (χ4n) is 2.25. The van der Waals surface area contributed by atoms with Gasteiger partial charge in [-0.25, -0.2) is 0 Å². The average Bonchev–Trinajstić information content (AvgIpc) is 2.35. The van der Waals surface area contributed by atoms with E-state index in [1.54, 1.807) is 0 Å². The van der Waals surface area contributed by atoms with Crippen LogP contribution in [-0.2, 0) is 4.79 Å². The van der Waals surface area contributed by atoms with E-state index in [4.69, 9.17) is 5.26 Å². The molecule has 0 spiro atoms. The summed E-state index contributed by atoms with van der Waals surface area (Å²) >= 11 is 0. The highest BCUT2D eigenvalue weighted by atomic mass is 16.2. The number of rotatable bonds is 6. The summed E-state index contributed by atoms with van der Waals surface area (Å²) in [5.74, 6) is -0.0482. The number of carbonyl (C=O) groups excluding carboxylic acids is 1. The second kappa shape index (κ2) is 8.06. The van der Waals surface area contributed by atoms with Crippen LogP contribution in [0.5, 0.6) is 0 Å². The maximum Gasteiger partial charge on any atom is 0.235 e. The van der Waals surface area contributed by atoms with Gasteiger partial charge in [0.25, 0.3) is 0 Å². The van der Waals surface area contributed by atoms with Crippen molar-refractivity contribution in [1.82, 2.24) is 15.5 Å². The first kappa shape index (κ1) is 14.9. The summed E-state index contributed by atoms with van der Waals surface area (Å²) in [6.45, 7) is 6.68. The van der Waals surface area contributed by atoms with Gasteiger partial charge in [-0.3, -0.25) is 9.69 Å². The van der Waals surface area contributed by atoms with Crippen LogP contribution in [0.15, 0.2) is 0 Å². The summed E-state index contributed by atoms with van der Waals surface area (Å²) in [6, 6.07) is 2.84. The maximum atomic E-state index is 11.6. The Morgan fingerprint density at radius 1 is 1.50 bits per heavy atom. The van der Waals surface area contributed by atoms with E-state index in [0.717, 1.165) is 25.9 Å². The maximum absolute atomic E-state index is 11.6. The molecule has 102 valence electrons. The molecule has 0 aromatic heterocycles. The zero-order valence-corrected chi connectivity index (χ0v) is 11.4. The second-order valence-corrected chi connectivity index (χ2v) is 5.12. The number of amides is 1. The molecule has 0 radical (unpaired) electrons. The van der Waals surface area contributed by atoms with Crippen LogP contribution in [-0.4, -0.2) is 49.1 Å². The molecule has 5 heteroatoms. The topological polar surface area (TPSA) is 68.2 Å². The molecular formula is C13H24N4O. The van der Waals surface area contributed by atoms with Crippen molar-refractivity contribution in [2.45, 2.75) is 45.2 Å². The molecule has 0 aliphatic carbocycles. The molecule has 1 aliphatic rings. The molecule has 1 saturated heterocycles. The Hall–Kier alpha value is -1.12. The molecule has 1 rings (SSSR count). The zero-order chi connectivity index (χ0) is 13.4. The fraction of sp³-hybridized carbons (Fsp3) is 0.846. The van der Waals surface area contributed by atoms with Gasteiger partial charge in [0.15, 0.2) is 0 Å². The number of nitrogens with zero attached hydrogens (tertiary/aromatic N) is 2. The highest BCUT2D eigenvalue weighted by molar-refractivity contribution is 5.78. The summed E-state index contributed by atoms with van der Waals surface area (Å²) in [5.41, 5.74) is 0. The van der Waals surface area contributed by atoms with Crippen LogP contribution in [0.1, 0.15) is 33.1 Å². The smallest absolute Gasteiger partial charge is 0.235 e. The molecule has 2 N–H and O–H groups in total. The van der Waals surface area contributed by atoms with Crippen LogP contribution in [0.3, 0.4) is 0 Å². The van der Waals surface area contributed by atoms with Gasteiger partial charge in [-0.15, -0.1) is 0 Å². The molecule has 0 saturated carbocycles. The van der Waals surface area contributed by atoms with E-state index >= 15 is 0 Å². The monoisotopic (exact) mass is 252 g/mol. The molecule has 18 heavy (non-hydrogen) atoms. The van der Waals surface area contributed by atoms with Crippen LogP contribution in [0.4, 0.5) is 0 Å². The lowest BCUT2D eigenvalue weighted by molar-refractivity contribution is -0.122. The third-order valence-electron chi connectivity index (χ3n) is 3.22. The Bertz CT molecular complexity index is 298. The highest BCUT2D eigenvalue weighted by Crippen LogP contribution is 2.16. The first-order valence-electron chi connectivity index (χ1n) is 6.74. The van der Waals surface area contributed by atoms with Crippen molar-refractivity contribution in [2.75, 3.05) is 26.2 Å². The molecule has 1 heterocycles. The van der Waals surface area contributed by atoms with Gasteiger partial charge < -0.3 is 10.6 Å². The lowest BCUT2D eigenvalue weighted by Gasteiger charge is -2.35. The van der Waals surface area contributed by atoms with Crippen molar-refractivity contribution in [3.8, 4) is 6.07 Å². The van der Waals surface area contributed by atoms with E-state index in [9.17, 15) is 4.79 Å². The molecule has 1 aliphatic heterocycles. The summed E-state index contributed by atoms with van der Waals surface area (Å²) in [5, 5.41) is 14.5. The lowest BCUT2D eigenvalue weighted by Crippen LogP contribution is -2.50. The Labute approximate surface area is 110 Å². The van der Waals surface area contributed by atoms with Crippen molar-refractivity contribution in [3.63, 3.8) is 0 Å². The van der Waals surface area contributed by atoms with Crippen LogP contribution >= 0.6 is 0 Å². The number of hydrogen-bond donors (Lipinski definition) is 2. The SMILES string of the molecule is CC(C)NCC1CCCCN1CC(=O)NCC#N. The molecule has 1 fully saturated rings. The number of nitriles is 1. The summed E-state index contributed by atoms with van der Waals surface area (Å²) < 4.78 is 0. The minimum atomic E-state index is -0.0482. The Morgan fingerprint density at radius 3 is 2.94 bits per heavy atom. The first-order valence-corrected chi connectivity index (χ1v) is 6.74. The van der Waals surface area contributed by atoms with E-state index in [1.165, 1.54) is 6.42 Å². The normalized spacial score (nSPS) is 20.7. The summed E-state index contributed by atoms with van der Waals surface area (Å²) in [6.07, 6.45) is 3.54. The number of nitrogens with one attached hydrogen (secondary N) is 2. The van der Waals surface area contributed by atoms with Crippen molar-refractivity contribution in [1.29, 1.82) is 5.26 Å². The molecule has 0 aromatic carbocycles. The van der Waals surface area contributed by atoms with Crippen molar-refractivity contribution >= 4 is 5.91 Å². The fourth-order valence-corrected chi connectivity index (χ4v) is 2.25. The van der Waals surface area contributed by atoms with Gasteiger partial charge in [0.1, 0.15) is 6.54 Å². The van der Waals surface area contributed by atoms with Crippen LogP contribution in [0.2, 0.25) is 0 Å². The van der Waals surface area contributed by atoms with Crippen molar-refractivity contribution in [3.05, 3.63) is 0 Å². The van der Waals surface area contributed by atoms with Gasteiger partial charge in [-0.2, -0.15) is 5.26 Å². The summed E-state index contributed by atoms with van der Waals surface area (Å²) in [7, 11) is 0. The molecule has 1 atom stereocenters. The standard InChI is InChI=1S/C13H24N4O/c1-11(2)16-9-12-5-3-4-8-17(12)10-13(18)15-7-6-14/h11-12,16H,3-5,7-10H2,1-2H3,(H,15,18). The van der Waals surface area contributed by atoms with Crippen molar-refractivity contribution < 1.29 is 4.79 Å². The largest absolute Gasteiger partial charge is 0.342 e. The van der Waals surface area contributed by atoms with E-state index in [-0.39, 0.29) is 12.5 Å². The number of likely N-dealkylation sites (tertiary alicyclic amines) is 1. The van der Waals surface area contributed by atoms with Crippen molar-refractivity contribution in [2.24, 2.45) is 0 Å². The van der Waals surface area contributed by atoms with Gasteiger partial charge in [0.2, 0.25) is 5.91 Å². The Kier molecular flexibility index (Phi) is 6.69. The highest BCUT2D eigenvalue weighted by Gasteiger charge is 2.23. The van der Waals surface area contributed by atoms with Crippen LogP contribution in [0, 0.1) is 11.3 Å². The van der Waals surface area contributed by atoms with Gasteiger partial charge in [-0.05, 0) is 19.4 Å². The molecule has 0 bridgehead atoms. The molecule has 1 unspecified atom stereocenters. The van der Waals surface area contributed by atoms with Crippen LogP contribution in [0.25, 0.3) is 0 Å². The first-order chi connectivity index (χ1) is 8.63. The van der Waals surface area contributed by atoms with Gasteiger partial charge in [0.05, 0.1) is 12.6 Å².